The number of amides is 1. The van der Waals surface area contributed by atoms with Crippen molar-refractivity contribution in [2.75, 3.05) is 6.61 Å². The lowest BCUT2D eigenvalue weighted by Gasteiger charge is -2.45. The number of H-pyrrole nitrogens is 1. The van der Waals surface area contributed by atoms with Gasteiger partial charge in [0.15, 0.2) is 6.17 Å². The van der Waals surface area contributed by atoms with E-state index in [4.69, 9.17) is 4.74 Å². The van der Waals surface area contributed by atoms with Crippen molar-refractivity contribution in [1.29, 1.82) is 0 Å². The average molecular weight is 534 g/mol. The number of carbonyl (C=O) groups excluding carboxylic acids is 1. The molecular formula is C29H21F3N2O5. The maximum Gasteiger partial charge on any atom is 0.252 e. The molecule has 3 aromatic carbocycles. The Labute approximate surface area is 218 Å². The van der Waals surface area contributed by atoms with Crippen LogP contribution in [0.1, 0.15) is 27.0 Å². The Morgan fingerprint density at radius 3 is 2.59 bits per heavy atom. The molecule has 4 aromatic rings. The van der Waals surface area contributed by atoms with Crippen LogP contribution >= 0.6 is 0 Å². The van der Waals surface area contributed by atoms with Gasteiger partial charge in [-0.3, -0.25) is 4.79 Å². The zero-order valence-corrected chi connectivity index (χ0v) is 20.1. The van der Waals surface area contributed by atoms with Crippen molar-refractivity contribution in [3.63, 3.8) is 0 Å². The van der Waals surface area contributed by atoms with Gasteiger partial charge in [0.2, 0.25) is 0 Å². The Morgan fingerprint density at radius 1 is 1.03 bits per heavy atom. The molecule has 39 heavy (non-hydrogen) atoms. The zero-order valence-electron chi connectivity index (χ0n) is 20.1. The maximum absolute atomic E-state index is 14.8. The summed E-state index contributed by atoms with van der Waals surface area (Å²) in [6.07, 6.45) is -6.28. The molecule has 0 spiro atoms. The monoisotopic (exact) mass is 534 g/mol. The number of hydrogen-bond acceptors (Lipinski definition) is 5. The Morgan fingerprint density at radius 2 is 1.79 bits per heavy atom. The summed E-state index contributed by atoms with van der Waals surface area (Å²) in [5.74, 6) is -1.33. The van der Waals surface area contributed by atoms with Crippen LogP contribution in [0.15, 0.2) is 42.5 Å². The van der Waals surface area contributed by atoms with E-state index in [1.807, 2.05) is 6.08 Å². The number of aromatic amines is 1. The van der Waals surface area contributed by atoms with E-state index < -0.39 is 54.2 Å². The van der Waals surface area contributed by atoms with Crippen molar-refractivity contribution >= 4 is 33.3 Å². The minimum Gasteiger partial charge on any atom is -0.394 e. The third-order valence-corrected chi connectivity index (χ3v) is 8.75. The van der Waals surface area contributed by atoms with E-state index in [9.17, 15) is 33.3 Å². The average Bonchev–Trinajstić information content (AvgIpc) is 3.40. The van der Waals surface area contributed by atoms with E-state index in [0.29, 0.717) is 60.8 Å². The van der Waals surface area contributed by atoms with Gasteiger partial charge in [-0.25, -0.2) is 13.2 Å². The first-order chi connectivity index (χ1) is 18.8. The number of alkyl halides is 1. The molecule has 0 radical (unpaired) electrons. The van der Waals surface area contributed by atoms with Crippen LogP contribution in [-0.2, 0) is 16.7 Å². The van der Waals surface area contributed by atoms with Gasteiger partial charge >= 0.3 is 0 Å². The topological polar surface area (TPSA) is 115 Å². The second kappa shape index (κ2) is 7.48. The molecule has 4 aliphatic rings. The molecule has 3 heterocycles. The largest absolute Gasteiger partial charge is 0.394 e. The lowest BCUT2D eigenvalue weighted by Crippen LogP contribution is -2.61. The van der Waals surface area contributed by atoms with Crippen molar-refractivity contribution < 1.29 is 38.0 Å². The fourth-order valence-corrected chi connectivity index (χ4v) is 7.04. The Hall–Kier alpha value is -3.70. The summed E-state index contributed by atoms with van der Waals surface area (Å²) in [6.45, 7) is -0.580. The fraction of sp³-hybridized carbons (Fsp3) is 0.276. The van der Waals surface area contributed by atoms with Gasteiger partial charge in [0.25, 0.3) is 5.91 Å². The third kappa shape index (κ3) is 2.74. The number of halogens is 3. The molecule has 3 unspecified atom stereocenters. The normalized spacial score (nSPS) is 30.5. The summed E-state index contributed by atoms with van der Waals surface area (Å²) in [5, 5.41) is 35.4. The molecule has 198 valence electrons. The van der Waals surface area contributed by atoms with E-state index in [1.165, 1.54) is 24.3 Å². The quantitative estimate of drug-likeness (QED) is 0.271. The van der Waals surface area contributed by atoms with E-state index in [-0.39, 0.29) is 12.5 Å². The molecule has 2 aliphatic carbocycles. The number of fused-ring (bicyclic) bond motifs is 13. The molecular weight excluding hydrogens is 513 g/mol. The van der Waals surface area contributed by atoms with Gasteiger partial charge in [-0.05, 0) is 58.2 Å². The summed E-state index contributed by atoms with van der Waals surface area (Å²) in [7, 11) is 0. The summed E-state index contributed by atoms with van der Waals surface area (Å²) >= 11 is 0. The number of aromatic nitrogens is 1. The minimum absolute atomic E-state index is 0.137. The van der Waals surface area contributed by atoms with Crippen LogP contribution in [0.5, 0.6) is 0 Å². The van der Waals surface area contributed by atoms with Crippen LogP contribution in [0.25, 0.3) is 38.5 Å². The van der Waals surface area contributed by atoms with Gasteiger partial charge in [-0.1, -0.05) is 12.1 Å². The molecule has 2 aliphatic heterocycles. The molecule has 8 rings (SSSR count). The van der Waals surface area contributed by atoms with Crippen LogP contribution in [0.4, 0.5) is 13.2 Å². The number of carbonyl (C=O) groups is 1. The molecule has 0 saturated carbocycles. The summed E-state index contributed by atoms with van der Waals surface area (Å²) in [6, 6.07) is 8.49. The minimum atomic E-state index is -2.01. The van der Waals surface area contributed by atoms with Crippen molar-refractivity contribution in [3.8, 4) is 11.1 Å². The zero-order chi connectivity index (χ0) is 27.0. The Balaban J connectivity index is 1.52. The molecule has 1 fully saturated rings. The van der Waals surface area contributed by atoms with Gasteiger partial charge in [0, 0.05) is 28.4 Å². The predicted octanol–water partition coefficient (Wildman–Crippen LogP) is 2.98. The second-order valence-corrected chi connectivity index (χ2v) is 10.7. The van der Waals surface area contributed by atoms with Crippen LogP contribution < -0.4 is 5.32 Å². The lowest BCUT2D eigenvalue weighted by atomic mass is 9.68. The number of benzene rings is 3. The highest BCUT2D eigenvalue weighted by molar-refractivity contribution is 6.24. The third-order valence-electron chi connectivity index (χ3n) is 8.75. The van der Waals surface area contributed by atoms with Crippen molar-refractivity contribution in [2.24, 2.45) is 0 Å². The SMILES string of the molecule is O=C1NCc2c3c(c4[nH]c5ccc(F)cc5c4c21)C1(C2O[C@H](CO)[C@@H](F)C(O)[C@H]2O)C=C1c1ccc(F)cc1-3. The van der Waals surface area contributed by atoms with E-state index >= 15 is 0 Å². The summed E-state index contributed by atoms with van der Waals surface area (Å²) < 4.78 is 49.8. The van der Waals surface area contributed by atoms with E-state index in [0.717, 1.165) is 0 Å². The van der Waals surface area contributed by atoms with Crippen molar-refractivity contribution in [2.45, 2.75) is 42.5 Å². The number of aliphatic hydroxyl groups is 3. The molecule has 10 heteroatoms. The van der Waals surface area contributed by atoms with Crippen LogP contribution in [0, 0.1) is 11.6 Å². The standard InChI is InChI=1S/C29H21F3N2O5/c30-10-1-3-12-13(5-10)19-15-8-33-28(38)21(15)20-14-6-11(31)2-4-17(14)34-24(20)22(19)29(7-16(12)29)27-26(37)25(36)23(32)18(9-35)39-27/h1-7,18,23,25-27,34-37H,8-9H2,(H,33,38)/t18-,23-,25?,26-,27?,29?/m1/s1. The maximum atomic E-state index is 14.8. The number of ether oxygens (including phenoxy) is 1. The smallest absolute Gasteiger partial charge is 0.252 e. The summed E-state index contributed by atoms with van der Waals surface area (Å²) in [5.41, 5.74) is 3.75. The van der Waals surface area contributed by atoms with Gasteiger partial charge in [-0.15, -0.1) is 0 Å². The second-order valence-electron chi connectivity index (χ2n) is 10.7. The molecule has 7 nitrogen and oxygen atoms in total. The number of nitrogens with one attached hydrogen (secondary N) is 2. The Kier molecular flexibility index (Phi) is 4.45. The van der Waals surface area contributed by atoms with Gasteiger partial charge in [0.05, 0.1) is 23.1 Å². The highest BCUT2D eigenvalue weighted by Gasteiger charge is 2.64. The predicted molar refractivity (Wildman–Crippen MR) is 135 cm³/mol. The van der Waals surface area contributed by atoms with Crippen LogP contribution in [-0.4, -0.2) is 63.4 Å². The van der Waals surface area contributed by atoms with E-state index in [1.54, 1.807) is 12.1 Å². The Bertz CT molecular complexity index is 1810. The van der Waals surface area contributed by atoms with Crippen LogP contribution in [0.2, 0.25) is 0 Å². The van der Waals surface area contributed by atoms with Gasteiger partial charge in [-0.2, -0.15) is 0 Å². The molecule has 6 atom stereocenters. The molecule has 1 amide bonds. The molecule has 0 bridgehead atoms. The molecule has 1 aromatic heterocycles. The molecule has 5 N–H and O–H groups in total. The number of hydrogen-bond donors (Lipinski definition) is 5. The first-order valence-electron chi connectivity index (χ1n) is 12.6. The number of rotatable bonds is 2. The molecule has 1 saturated heterocycles. The van der Waals surface area contributed by atoms with Crippen LogP contribution in [0.3, 0.4) is 0 Å². The fourth-order valence-electron chi connectivity index (χ4n) is 7.04. The van der Waals surface area contributed by atoms with Crippen molar-refractivity contribution in [3.05, 3.63) is 76.4 Å². The lowest BCUT2D eigenvalue weighted by molar-refractivity contribution is -0.217. The highest BCUT2D eigenvalue weighted by atomic mass is 19.1. The first-order valence-corrected chi connectivity index (χ1v) is 12.6. The highest BCUT2D eigenvalue weighted by Crippen LogP contribution is 2.66. The van der Waals surface area contributed by atoms with Gasteiger partial charge < -0.3 is 30.4 Å². The first kappa shape index (κ1) is 23.2. The number of aliphatic hydroxyl groups excluding tert-OH is 3. The van der Waals surface area contributed by atoms with E-state index in [2.05, 4.69) is 10.3 Å². The summed E-state index contributed by atoms with van der Waals surface area (Å²) in [4.78, 5) is 16.5. The van der Waals surface area contributed by atoms with Crippen molar-refractivity contribution in [1.82, 2.24) is 10.3 Å². The van der Waals surface area contributed by atoms with Gasteiger partial charge in [0.1, 0.15) is 36.1 Å².